The van der Waals surface area contributed by atoms with Gasteiger partial charge in [0.1, 0.15) is 11.3 Å². The zero-order valence-corrected chi connectivity index (χ0v) is 11.9. The molecule has 0 saturated carbocycles. The van der Waals surface area contributed by atoms with E-state index in [1.54, 1.807) is 0 Å². The van der Waals surface area contributed by atoms with Crippen LogP contribution >= 0.6 is 0 Å². The van der Waals surface area contributed by atoms with Crippen LogP contribution in [0.4, 0.5) is 0 Å². The van der Waals surface area contributed by atoms with E-state index in [0.29, 0.717) is 6.04 Å². The number of furan rings is 1. The van der Waals surface area contributed by atoms with Crippen LogP contribution in [-0.2, 0) is 13.0 Å². The normalized spacial score (nSPS) is 14.7. The SMILES string of the molecule is CCc1oc2ccccc2c1CNC(C)CC(C)O. The van der Waals surface area contributed by atoms with Gasteiger partial charge >= 0.3 is 0 Å². The molecule has 2 rings (SSSR count). The molecule has 1 aromatic heterocycles. The van der Waals surface area contributed by atoms with Crippen molar-refractivity contribution in [1.82, 2.24) is 5.32 Å². The number of fused-ring (bicyclic) bond motifs is 1. The predicted molar refractivity (Wildman–Crippen MR) is 78.2 cm³/mol. The molecule has 0 bridgehead atoms. The number of aliphatic hydroxyl groups is 1. The summed E-state index contributed by atoms with van der Waals surface area (Å²) < 4.78 is 5.87. The number of nitrogens with one attached hydrogen (secondary N) is 1. The maximum absolute atomic E-state index is 9.39. The quantitative estimate of drug-likeness (QED) is 0.839. The van der Waals surface area contributed by atoms with Crippen molar-refractivity contribution >= 4 is 11.0 Å². The molecule has 3 heteroatoms. The Kier molecular flexibility index (Phi) is 4.61. The van der Waals surface area contributed by atoms with Crippen LogP contribution in [-0.4, -0.2) is 17.3 Å². The lowest BCUT2D eigenvalue weighted by Crippen LogP contribution is -2.28. The van der Waals surface area contributed by atoms with E-state index in [1.165, 1.54) is 10.9 Å². The summed E-state index contributed by atoms with van der Waals surface area (Å²) in [4.78, 5) is 0. The summed E-state index contributed by atoms with van der Waals surface area (Å²) in [6.07, 6.45) is 1.39. The molecule has 2 atom stereocenters. The van der Waals surface area contributed by atoms with Crippen LogP contribution in [0.25, 0.3) is 11.0 Å². The minimum Gasteiger partial charge on any atom is -0.461 e. The molecule has 0 radical (unpaired) electrons. The Morgan fingerprint density at radius 1 is 1.26 bits per heavy atom. The molecule has 1 aromatic carbocycles. The number of para-hydroxylation sites is 1. The van der Waals surface area contributed by atoms with Gasteiger partial charge in [-0.2, -0.15) is 0 Å². The van der Waals surface area contributed by atoms with Gasteiger partial charge in [-0.1, -0.05) is 25.1 Å². The summed E-state index contributed by atoms with van der Waals surface area (Å²) in [6.45, 7) is 6.82. The van der Waals surface area contributed by atoms with Crippen LogP contribution in [0.3, 0.4) is 0 Å². The van der Waals surface area contributed by atoms with Crippen LogP contribution in [0.2, 0.25) is 0 Å². The highest BCUT2D eigenvalue weighted by atomic mass is 16.3. The van der Waals surface area contributed by atoms with E-state index in [1.807, 2.05) is 25.1 Å². The fraction of sp³-hybridized carbons (Fsp3) is 0.500. The number of rotatable bonds is 6. The highest BCUT2D eigenvalue weighted by Crippen LogP contribution is 2.26. The topological polar surface area (TPSA) is 45.4 Å². The molecular weight excluding hydrogens is 238 g/mol. The minimum absolute atomic E-state index is 0.269. The zero-order valence-electron chi connectivity index (χ0n) is 11.9. The summed E-state index contributed by atoms with van der Waals surface area (Å²) >= 11 is 0. The molecule has 2 N–H and O–H groups in total. The number of hydrogen-bond acceptors (Lipinski definition) is 3. The number of aliphatic hydroxyl groups excluding tert-OH is 1. The van der Waals surface area contributed by atoms with E-state index in [2.05, 4.69) is 25.2 Å². The van der Waals surface area contributed by atoms with Crippen molar-refractivity contribution in [2.45, 2.75) is 52.3 Å². The number of benzene rings is 1. The molecule has 104 valence electrons. The average Bonchev–Trinajstić information content (AvgIpc) is 2.73. The second-order valence-corrected chi connectivity index (χ2v) is 5.22. The summed E-state index contributed by atoms with van der Waals surface area (Å²) in [5, 5.41) is 14.0. The fourth-order valence-corrected chi connectivity index (χ4v) is 2.50. The van der Waals surface area contributed by atoms with Crippen molar-refractivity contribution in [1.29, 1.82) is 0 Å². The second-order valence-electron chi connectivity index (χ2n) is 5.22. The zero-order chi connectivity index (χ0) is 13.8. The van der Waals surface area contributed by atoms with Gasteiger partial charge in [-0.05, 0) is 26.3 Å². The van der Waals surface area contributed by atoms with Crippen LogP contribution < -0.4 is 5.32 Å². The van der Waals surface area contributed by atoms with Crippen LogP contribution in [0.1, 0.15) is 38.5 Å². The first-order chi connectivity index (χ1) is 9.11. The Morgan fingerprint density at radius 3 is 2.68 bits per heavy atom. The van der Waals surface area contributed by atoms with Crippen LogP contribution in [0.5, 0.6) is 0 Å². The molecule has 2 unspecified atom stereocenters. The second kappa shape index (κ2) is 6.22. The van der Waals surface area contributed by atoms with Crippen LogP contribution in [0.15, 0.2) is 28.7 Å². The first-order valence-corrected chi connectivity index (χ1v) is 7.02. The Hall–Kier alpha value is -1.32. The van der Waals surface area contributed by atoms with Gasteiger partial charge in [0.2, 0.25) is 0 Å². The maximum atomic E-state index is 9.39. The summed E-state index contributed by atoms with van der Waals surface area (Å²) in [7, 11) is 0. The van der Waals surface area contributed by atoms with Crippen molar-refractivity contribution in [2.24, 2.45) is 0 Å². The molecule has 0 aliphatic carbocycles. The summed E-state index contributed by atoms with van der Waals surface area (Å²) in [5.74, 6) is 1.05. The van der Waals surface area contributed by atoms with Gasteiger partial charge in [0.05, 0.1) is 6.10 Å². The molecule has 2 aromatic rings. The highest BCUT2D eigenvalue weighted by Gasteiger charge is 2.13. The lowest BCUT2D eigenvalue weighted by Gasteiger charge is -2.15. The third kappa shape index (κ3) is 3.37. The molecule has 1 heterocycles. The maximum Gasteiger partial charge on any atom is 0.134 e. The lowest BCUT2D eigenvalue weighted by molar-refractivity contribution is 0.170. The highest BCUT2D eigenvalue weighted by molar-refractivity contribution is 5.82. The number of aryl methyl sites for hydroxylation is 1. The molecule has 0 aliphatic rings. The first-order valence-electron chi connectivity index (χ1n) is 7.02. The van der Waals surface area contributed by atoms with Crippen molar-refractivity contribution in [2.75, 3.05) is 0 Å². The molecular formula is C16H23NO2. The molecule has 0 spiro atoms. The van der Waals surface area contributed by atoms with E-state index in [-0.39, 0.29) is 6.10 Å². The van der Waals surface area contributed by atoms with Gasteiger partial charge in [-0.3, -0.25) is 0 Å². The molecule has 0 aliphatic heterocycles. The van der Waals surface area contributed by atoms with Gasteiger partial charge in [0.15, 0.2) is 0 Å². The Labute approximate surface area is 114 Å². The monoisotopic (exact) mass is 261 g/mol. The predicted octanol–water partition coefficient (Wildman–Crippen LogP) is 3.24. The Morgan fingerprint density at radius 2 is 2.00 bits per heavy atom. The van der Waals surface area contributed by atoms with E-state index in [4.69, 9.17) is 4.42 Å². The average molecular weight is 261 g/mol. The van der Waals surface area contributed by atoms with Crippen LogP contribution in [0, 0.1) is 0 Å². The van der Waals surface area contributed by atoms with Crippen molar-refractivity contribution in [3.05, 3.63) is 35.6 Å². The van der Waals surface area contributed by atoms with E-state index in [0.717, 1.165) is 30.7 Å². The molecule has 3 nitrogen and oxygen atoms in total. The summed E-state index contributed by atoms with van der Waals surface area (Å²) in [5.41, 5.74) is 2.20. The van der Waals surface area contributed by atoms with Crippen molar-refractivity contribution < 1.29 is 9.52 Å². The van der Waals surface area contributed by atoms with Crippen molar-refractivity contribution in [3.8, 4) is 0 Å². The largest absolute Gasteiger partial charge is 0.461 e. The standard InChI is InChI=1S/C16H23NO2/c1-4-15-14(10-17-11(2)9-12(3)18)13-7-5-6-8-16(13)19-15/h5-8,11-12,17-18H,4,9-10H2,1-3H3. The van der Waals surface area contributed by atoms with Crippen molar-refractivity contribution in [3.63, 3.8) is 0 Å². The Balaban J connectivity index is 2.15. The van der Waals surface area contributed by atoms with Gasteiger partial charge in [0.25, 0.3) is 0 Å². The minimum atomic E-state index is -0.269. The van der Waals surface area contributed by atoms with E-state index >= 15 is 0 Å². The number of hydrogen-bond donors (Lipinski definition) is 2. The first kappa shape index (κ1) is 14.1. The molecule has 0 saturated heterocycles. The van der Waals surface area contributed by atoms with E-state index in [9.17, 15) is 5.11 Å². The Bertz CT molecular complexity index is 531. The summed E-state index contributed by atoms with van der Waals surface area (Å²) in [6, 6.07) is 8.45. The molecule has 0 amide bonds. The third-order valence-electron chi connectivity index (χ3n) is 3.43. The third-order valence-corrected chi connectivity index (χ3v) is 3.43. The fourth-order valence-electron chi connectivity index (χ4n) is 2.50. The van der Waals surface area contributed by atoms with Gasteiger partial charge in [-0.25, -0.2) is 0 Å². The molecule has 0 fully saturated rings. The molecule has 19 heavy (non-hydrogen) atoms. The smallest absolute Gasteiger partial charge is 0.134 e. The van der Waals surface area contributed by atoms with Gasteiger partial charge in [-0.15, -0.1) is 0 Å². The lowest BCUT2D eigenvalue weighted by atomic mass is 10.1. The van der Waals surface area contributed by atoms with Gasteiger partial charge < -0.3 is 14.8 Å². The van der Waals surface area contributed by atoms with Gasteiger partial charge in [0, 0.05) is 30.0 Å². The van der Waals surface area contributed by atoms with E-state index < -0.39 is 0 Å².